The van der Waals surface area contributed by atoms with Gasteiger partial charge in [-0.2, -0.15) is 0 Å². The van der Waals surface area contributed by atoms with Crippen molar-refractivity contribution < 1.29 is 13.6 Å². The second kappa shape index (κ2) is 5.77. The number of nitrogens with zero attached hydrogens (tertiary/aromatic N) is 2. The highest BCUT2D eigenvalue weighted by molar-refractivity contribution is 6.01. The Morgan fingerprint density at radius 2 is 2.10 bits per heavy atom. The molecule has 2 N–H and O–H groups in total. The second-order valence-electron chi connectivity index (χ2n) is 4.39. The van der Waals surface area contributed by atoms with Gasteiger partial charge in [0.15, 0.2) is 0 Å². The molecule has 0 fully saturated rings. The van der Waals surface area contributed by atoms with Gasteiger partial charge in [-0.3, -0.25) is 9.89 Å². The van der Waals surface area contributed by atoms with E-state index in [1.165, 1.54) is 6.92 Å². The number of amides is 1. The van der Waals surface area contributed by atoms with E-state index in [1.54, 1.807) is 0 Å². The molecule has 0 saturated carbocycles. The summed E-state index contributed by atoms with van der Waals surface area (Å²) in [6.07, 6.45) is 1.52. The van der Waals surface area contributed by atoms with Gasteiger partial charge >= 0.3 is 0 Å². The molecule has 1 aromatic heterocycles. The van der Waals surface area contributed by atoms with Crippen molar-refractivity contribution in [2.24, 2.45) is 0 Å². The minimum absolute atomic E-state index is 0.103. The van der Waals surface area contributed by atoms with E-state index >= 15 is 0 Å². The smallest absolute Gasteiger partial charge is 0.295 e. The second-order valence-corrected chi connectivity index (χ2v) is 4.39. The minimum atomic E-state index is -0.707. The third-order valence-electron chi connectivity index (χ3n) is 2.72. The number of carbonyl (C=O) groups is 1. The van der Waals surface area contributed by atoms with Crippen LogP contribution in [-0.4, -0.2) is 21.1 Å². The number of hydrogen-bond acceptors (Lipinski definition) is 3. The molecule has 0 radical (unpaired) electrons. The number of hydrogen-bond donors (Lipinski definition) is 2. The molecule has 1 amide bonds. The Kier molecular flexibility index (Phi) is 4.07. The van der Waals surface area contributed by atoms with Crippen LogP contribution in [0.25, 0.3) is 0 Å². The van der Waals surface area contributed by atoms with Crippen LogP contribution >= 0.6 is 0 Å². The number of anilines is 1. The predicted molar refractivity (Wildman–Crippen MR) is 69.4 cm³/mol. The molecule has 0 aliphatic heterocycles. The van der Waals surface area contributed by atoms with Crippen molar-refractivity contribution in [1.82, 2.24) is 15.2 Å². The summed E-state index contributed by atoms with van der Waals surface area (Å²) in [5.41, 5.74) is -0.0661. The SMILES string of the molecule is CCCc1nc(C(=O)Nc2cc(F)c(C)cc2F)n[nH]1. The monoisotopic (exact) mass is 280 g/mol. The van der Waals surface area contributed by atoms with Gasteiger partial charge in [0.1, 0.15) is 17.5 Å². The van der Waals surface area contributed by atoms with Gasteiger partial charge in [0, 0.05) is 12.5 Å². The van der Waals surface area contributed by atoms with Gasteiger partial charge in [-0.05, 0) is 25.0 Å². The van der Waals surface area contributed by atoms with Crippen molar-refractivity contribution in [3.63, 3.8) is 0 Å². The topological polar surface area (TPSA) is 70.7 Å². The number of rotatable bonds is 4. The molecule has 0 spiro atoms. The standard InChI is InChI=1S/C13H14F2N4O/c1-3-4-11-17-12(19-18-11)13(20)16-10-6-8(14)7(2)5-9(10)15/h5-6H,3-4H2,1-2H3,(H,16,20)(H,17,18,19). The summed E-state index contributed by atoms with van der Waals surface area (Å²) < 4.78 is 27.0. The highest BCUT2D eigenvalue weighted by atomic mass is 19.1. The molecule has 5 nitrogen and oxygen atoms in total. The van der Waals surface area contributed by atoms with E-state index in [0.29, 0.717) is 12.2 Å². The fourth-order valence-electron chi connectivity index (χ4n) is 1.67. The summed E-state index contributed by atoms with van der Waals surface area (Å²) in [4.78, 5) is 15.8. The Balaban J connectivity index is 2.16. The largest absolute Gasteiger partial charge is 0.317 e. The maximum atomic E-state index is 13.6. The number of halogens is 2. The Bertz CT molecular complexity index is 639. The molecule has 1 heterocycles. The number of aromatic amines is 1. The summed E-state index contributed by atoms with van der Waals surface area (Å²) in [6.45, 7) is 3.41. The Morgan fingerprint density at radius 1 is 1.35 bits per heavy atom. The van der Waals surface area contributed by atoms with Crippen molar-refractivity contribution in [3.8, 4) is 0 Å². The highest BCUT2D eigenvalue weighted by Gasteiger charge is 2.15. The first-order valence-electron chi connectivity index (χ1n) is 6.19. The molecule has 0 aliphatic carbocycles. The van der Waals surface area contributed by atoms with E-state index in [-0.39, 0.29) is 17.1 Å². The van der Waals surface area contributed by atoms with Crippen LogP contribution in [0.2, 0.25) is 0 Å². The average molecular weight is 280 g/mol. The number of aromatic nitrogens is 3. The molecule has 0 unspecified atom stereocenters. The molecule has 2 aromatic rings. The first-order chi connectivity index (χ1) is 9.51. The molecule has 0 saturated heterocycles. The van der Waals surface area contributed by atoms with Crippen LogP contribution in [0.3, 0.4) is 0 Å². The number of nitrogens with one attached hydrogen (secondary N) is 2. The zero-order valence-corrected chi connectivity index (χ0v) is 11.1. The fourth-order valence-corrected chi connectivity index (χ4v) is 1.67. The third-order valence-corrected chi connectivity index (χ3v) is 2.72. The van der Waals surface area contributed by atoms with Crippen LogP contribution in [0, 0.1) is 18.6 Å². The van der Waals surface area contributed by atoms with Gasteiger partial charge < -0.3 is 5.32 Å². The lowest BCUT2D eigenvalue weighted by Crippen LogP contribution is -2.15. The van der Waals surface area contributed by atoms with E-state index in [4.69, 9.17) is 0 Å². The zero-order chi connectivity index (χ0) is 14.7. The van der Waals surface area contributed by atoms with Crippen molar-refractivity contribution in [2.75, 3.05) is 5.32 Å². The van der Waals surface area contributed by atoms with Crippen molar-refractivity contribution in [3.05, 3.63) is 41.0 Å². The number of benzene rings is 1. The van der Waals surface area contributed by atoms with Crippen molar-refractivity contribution >= 4 is 11.6 Å². The van der Waals surface area contributed by atoms with Crippen molar-refractivity contribution in [2.45, 2.75) is 26.7 Å². The normalized spacial score (nSPS) is 10.6. The van der Waals surface area contributed by atoms with Gasteiger partial charge in [0.05, 0.1) is 5.69 Å². The van der Waals surface area contributed by atoms with Gasteiger partial charge in [0.25, 0.3) is 5.91 Å². The third kappa shape index (κ3) is 2.98. The van der Waals surface area contributed by atoms with Gasteiger partial charge in [-0.15, -0.1) is 5.10 Å². The molecular formula is C13H14F2N4O. The van der Waals surface area contributed by atoms with E-state index in [0.717, 1.165) is 18.6 Å². The summed E-state index contributed by atoms with van der Waals surface area (Å²) in [5.74, 6) is -1.52. The number of H-pyrrole nitrogens is 1. The molecular weight excluding hydrogens is 266 g/mol. The van der Waals surface area contributed by atoms with Gasteiger partial charge in [-0.1, -0.05) is 6.92 Å². The fraction of sp³-hybridized carbons (Fsp3) is 0.308. The number of carbonyl (C=O) groups excluding carboxylic acids is 1. The quantitative estimate of drug-likeness (QED) is 0.904. The molecule has 2 rings (SSSR count). The molecule has 1 aromatic carbocycles. The lowest BCUT2D eigenvalue weighted by molar-refractivity contribution is 0.101. The zero-order valence-electron chi connectivity index (χ0n) is 11.1. The summed E-state index contributed by atoms with van der Waals surface area (Å²) in [5, 5.41) is 8.61. The minimum Gasteiger partial charge on any atom is -0.317 e. The molecule has 106 valence electrons. The van der Waals surface area contributed by atoms with Crippen LogP contribution in [0.4, 0.5) is 14.5 Å². The highest BCUT2D eigenvalue weighted by Crippen LogP contribution is 2.19. The summed E-state index contributed by atoms with van der Waals surface area (Å²) in [7, 11) is 0. The summed E-state index contributed by atoms with van der Waals surface area (Å²) in [6, 6.07) is 1.95. The predicted octanol–water partition coefficient (Wildman–Crippen LogP) is 2.60. The molecule has 0 atom stereocenters. The lowest BCUT2D eigenvalue weighted by Gasteiger charge is -2.05. The van der Waals surface area contributed by atoms with E-state index in [9.17, 15) is 13.6 Å². The van der Waals surface area contributed by atoms with Gasteiger partial charge in [-0.25, -0.2) is 13.8 Å². The van der Waals surface area contributed by atoms with Crippen molar-refractivity contribution in [1.29, 1.82) is 0 Å². The van der Waals surface area contributed by atoms with Gasteiger partial charge in [0.2, 0.25) is 5.82 Å². The first kappa shape index (κ1) is 14.1. The van der Waals surface area contributed by atoms with Crippen LogP contribution in [0.5, 0.6) is 0 Å². The molecule has 7 heteroatoms. The Labute approximate surface area is 114 Å². The Morgan fingerprint density at radius 3 is 2.80 bits per heavy atom. The summed E-state index contributed by atoms with van der Waals surface area (Å²) >= 11 is 0. The van der Waals surface area contributed by atoms with Crippen LogP contribution in [0.15, 0.2) is 12.1 Å². The maximum Gasteiger partial charge on any atom is 0.295 e. The first-order valence-corrected chi connectivity index (χ1v) is 6.19. The molecule has 0 aliphatic rings. The van der Waals surface area contributed by atoms with Crippen LogP contribution < -0.4 is 5.32 Å². The maximum absolute atomic E-state index is 13.6. The van der Waals surface area contributed by atoms with E-state index in [1.807, 2.05) is 6.92 Å². The van der Waals surface area contributed by atoms with Crippen LogP contribution in [0.1, 0.15) is 35.4 Å². The molecule has 0 bridgehead atoms. The Hall–Kier alpha value is -2.31. The van der Waals surface area contributed by atoms with E-state index < -0.39 is 17.5 Å². The molecule has 20 heavy (non-hydrogen) atoms. The van der Waals surface area contributed by atoms with E-state index in [2.05, 4.69) is 20.5 Å². The van der Waals surface area contributed by atoms with Crippen LogP contribution in [-0.2, 0) is 6.42 Å². The lowest BCUT2D eigenvalue weighted by atomic mass is 10.2. The average Bonchev–Trinajstić information content (AvgIpc) is 2.85. The number of aryl methyl sites for hydroxylation is 2.